The molecule has 3 heterocycles. The van der Waals surface area contributed by atoms with E-state index in [1.54, 1.807) is 18.3 Å². The normalized spacial score (nSPS) is 17.5. The van der Waals surface area contributed by atoms with Gasteiger partial charge in [-0.1, -0.05) is 0 Å². The number of benzene rings is 1. The van der Waals surface area contributed by atoms with Crippen LogP contribution in [0.15, 0.2) is 26.2 Å². The Labute approximate surface area is 193 Å². The summed E-state index contributed by atoms with van der Waals surface area (Å²) in [7, 11) is 0. The molecule has 2 aliphatic rings. The van der Waals surface area contributed by atoms with Crippen molar-refractivity contribution in [2.45, 2.75) is 38.5 Å². The van der Waals surface area contributed by atoms with Gasteiger partial charge >= 0.3 is 0 Å². The number of anilines is 3. The smallest absolute Gasteiger partial charge is 0.250 e. The molecular weight excluding hydrogens is 514 g/mol. The SMILES string of the molecule is Oc1c(Br)cc(C=NNc2nc(N3CCCCC3)nc(N3CCCCC3)n2)cc1Br. The molecule has 0 bridgehead atoms. The Bertz CT molecular complexity index is 853. The number of aromatic hydroxyl groups is 1. The Morgan fingerprint density at radius 2 is 1.33 bits per heavy atom. The van der Waals surface area contributed by atoms with E-state index >= 15 is 0 Å². The van der Waals surface area contributed by atoms with Gasteiger partial charge < -0.3 is 14.9 Å². The first-order valence-electron chi connectivity index (χ1n) is 10.3. The van der Waals surface area contributed by atoms with Crippen LogP contribution in [0.5, 0.6) is 5.75 Å². The van der Waals surface area contributed by atoms with E-state index in [4.69, 9.17) is 4.98 Å². The highest BCUT2D eigenvalue weighted by Crippen LogP contribution is 2.32. The Hall–Kier alpha value is -1.94. The summed E-state index contributed by atoms with van der Waals surface area (Å²) in [4.78, 5) is 18.5. The number of hydrogen-bond donors (Lipinski definition) is 2. The van der Waals surface area contributed by atoms with E-state index in [0.29, 0.717) is 14.9 Å². The molecule has 30 heavy (non-hydrogen) atoms. The lowest BCUT2D eigenvalue weighted by Crippen LogP contribution is -2.34. The number of nitrogens with one attached hydrogen (secondary N) is 1. The number of phenolic OH excluding ortho intramolecular Hbond substituents is 1. The maximum absolute atomic E-state index is 9.85. The summed E-state index contributed by atoms with van der Waals surface area (Å²) >= 11 is 6.67. The summed E-state index contributed by atoms with van der Waals surface area (Å²) in [6.07, 6.45) is 8.83. The summed E-state index contributed by atoms with van der Waals surface area (Å²) < 4.78 is 1.19. The van der Waals surface area contributed by atoms with Gasteiger partial charge in [0, 0.05) is 26.2 Å². The van der Waals surface area contributed by atoms with Crippen molar-refractivity contribution >= 4 is 55.9 Å². The van der Waals surface area contributed by atoms with E-state index in [9.17, 15) is 5.11 Å². The van der Waals surface area contributed by atoms with Crippen LogP contribution in [0.2, 0.25) is 0 Å². The maximum atomic E-state index is 9.85. The van der Waals surface area contributed by atoms with E-state index in [1.807, 2.05) is 0 Å². The molecule has 2 aromatic rings. The molecule has 0 aliphatic carbocycles. The molecule has 160 valence electrons. The van der Waals surface area contributed by atoms with Crippen LogP contribution in [-0.2, 0) is 0 Å². The molecular formula is C20H25Br2N7O. The topological polar surface area (TPSA) is 89.8 Å². The largest absolute Gasteiger partial charge is 0.506 e. The first-order valence-corrected chi connectivity index (χ1v) is 11.9. The number of hydrazone groups is 1. The molecule has 0 unspecified atom stereocenters. The van der Waals surface area contributed by atoms with Gasteiger partial charge in [0.05, 0.1) is 15.2 Å². The molecule has 8 nitrogen and oxygen atoms in total. The molecule has 2 fully saturated rings. The van der Waals surface area contributed by atoms with Gasteiger partial charge in [-0.05, 0) is 88.1 Å². The molecule has 10 heteroatoms. The van der Waals surface area contributed by atoms with Crippen molar-refractivity contribution < 1.29 is 5.11 Å². The van der Waals surface area contributed by atoms with Crippen LogP contribution in [0.25, 0.3) is 0 Å². The van der Waals surface area contributed by atoms with Gasteiger partial charge in [0.2, 0.25) is 17.8 Å². The fourth-order valence-corrected chi connectivity index (χ4v) is 4.92. The third kappa shape index (κ3) is 5.21. The molecule has 2 N–H and O–H groups in total. The average Bonchev–Trinajstić information content (AvgIpc) is 2.78. The number of halogens is 2. The van der Waals surface area contributed by atoms with Gasteiger partial charge in [-0.3, -0.25) is 0 Å². The van der Waals surface area contributed by atoms with E-state index in [-0.39, 0.29) is 5.75 Å². The summed E-state index contributed by atoms with van der Waals surface area (Å²) in [6, 6.07) is 3.58. The number of aromatic nitrogens is 3. The van der Waals surface area contributed by atoms with Crippen molar-refractivity contribution in [3.63, 3.8) is 0 Å². The number of piperidine rings is 2. The summed E-state index contributed by atoms with van der Waals surface area (Å²) in [6.45, 7) is 3.90. The average molecular weight is 539 g/mol. The quantitative estimate of drug-likeness (QED) is 0.427. The molecule has 0 saturated carbocycles. The minimum Gasteiger partial charge on any atom is -0.506 e. The summed E-state index contributed by atoms with van der Waals surface area (Å²) in [5.41, 5.74) is 3.79. The molecule has 2 saturated heterocycles. The predicted octanol–water partition coefficient (Wildman–Crippen LogP) is 4.53. The maximum Gasteiger partial charge on any atom is 0.250 e. The van der Waals surface area contributed by atoms with E-state index in [1.165, 1.54) is 12.8 Å². The van der Waals surface area contributed by atoms with Crippen LogP contribution >= 0.6 is 31.9 Å². The van der Waals surface area contributed by atoms with Gasteiger partial charge in [-0.25, -0.2) is 5.43 Å². The van der Waals surface area contributed by atoms with E-state index in [0.717, 1.165) is 69.3 Å². The second kappa shape index (κ2) is 9.91. The van der Waals surface area contributed by atoms with Gasteiger partial charge in [-0.2, -0.15) is 20.1 Å². The molecule has 0 radical (unpaired) electrons. The summed E-state index contributed by atoms with van der Waals surface area (Å²) in [5.74, 6) is 2.05. The van der Waals surface area contributed by atoms with Crippen LogP contribution in [-0.4, -0.2) is 52.5 Å². The van der Waals surface area contributed by atoms with Crippen LogP contribution in [0.3, 0.4) is 0 Å². The van der Waals surface area contributed by atoms with Crippen molar-refractivity contribution in [3.8, 4) is 5.75 Å². The minimum atomic E-state index is 0.162. The minimum absolute atomic E-state index is 0.162. The van der Waals surface area contributed by atoms with E-state index < -0.39 is 0 Å². The zero-order valence-electron chi connectivity index (χ0n) is 16.7. The molecule has 0 spiro atoms. The number of rotatable bonds is 5. The van der Waals surface area contributed by atoms with Crippen molar-refractivity contribution in [2.24, 2.45) is 5.10 Å². The van der Waals surface area contributed by atoms with Crippen molar-refractivity contribution in [1.29, 1.82) is 0 Å². The standard InChI is InChI=1S/C20H25Br2N7O/c21-15-11-14(12-16(22)17(15)30)13-23-27-18-24-19(28-7-3-1-4-8-28)26-20(25-18)29-9-5-2-6-10-29/h11-13,30H,1-10H2,(H,24,25,26,27). The lowest BCUT2D eigenvalue weighted by molar-refractivity contribution is 0.468. The lowest BCUT2D eigenvalue weighted by atomic mass is 10.1. The Morgan fingerprint density at radius 3 is 1.83 bits per heavy atom. The van der Waals surface area contributed by atoms with Crippen LogP contribution in [0, 0.1) is 0 Å². The summed E-state index contributed by atoms with van der Waals surface area (Å²) in [5, 5.41) is 14.2. The van der Waals surface area contributed by atoms with Gasteiger partial charge in [0.1, 0.15) is 5.75 Å². The van der Waals surface area contributed by atoms with Crippen LogP contribution < -0.4 is 15.2 Å². The van der Waals surface area contributed by atoms with Crippen molar-refractivity contribution in [2.75, 3.05) is 41.4 Å². The van der Waals surface area contributed by atoms with Gasteiger partial charge in [0.25, 0.3) is 0 Å². The number of hydrogen-bond acceptors (Lipinski definition) is 8. The molecule has 1 aromatic heterocycles. The third-order valence-corrected chi connectivity index (χ3v) is 6.52. The van der Waals surface area contributed by atoms with Crippen LogP contribution in [0.1, 0.15) is 44.1 Å². The molecule has 0 atom stereocenters. The molecule has 0 amide bonds. The zero-order chi connectivity index (χ0) is 20.9. The second-order valence-electron chi connectivity index (χ2n) is 7.56. The third-order valence-electron chi connectivity index (χ3n) is 5.31. The predicted molar refractivity (Wildman–Crippen MR) is 127 cm³/mol. The molecule has 2 aliphatic heterocycles. The highest BCUT2D eigenvalue weighted by Gasteiger charge is 2.20. The van der Waals surface area contributed by atoms with Crippen molar-refractivity contribution in [1.82, 2.24) is 15.0 Å². The van der Waals surface area contributed by atoms with Gasteiger partial charge in [-0.15, -0.1) is 0 Å². The first kappa shape index (κ1) is 21.3. The zero-order valence-corrected chi connectivity index (χ0v) is 19.9. The Balaban J connectivity index is 1.56. The fourth-order valence-electron chi connectivity index (χ4n) is 3.70. The number of nitrogens with zero attached hydrogens (tertiary/aromatic N) is 6. The monoisotopic (exact) mass is 537 g/mol. The van der Waals surface area contributed by atoms with Crippen molar-refractivity contribution in [3.05, 3.63) is 26.6 Å². The van der Waals surface area contributed by atoms with Crippen LogP contribution in [0.4, 0.5) is 17.8 Å². The molecule has 1 aromatic carbocycles. The number of phenols is 1. The highest BCUT2D eigenvalue weighted by molar-refractivity contribution is 9.11. The molecule has 4 rings (SSSR count). The van der Waals surface area contributed by atoms with Gasteiger partial charge in [0.15, 0.2) is 0 Å². The Morgan fingerprint density at radius 1 is 0.833 bits per heavy atom. The fraction of sp³-hybridized carbons (Fsp3) is 0.500. The lowest BCUT2D eigenvalue weighted by Gasteiger charge is -2.30. The Kier molecular flexibility index (Phi) is 7.04. The van der Waals surface area contributed by atoms with E-state index in [2.05, 4.69) is 62.2 Å². The highest BCUT2D eigenvalue weighted by atomic mass is 79.9. The second-order valence-corrected chi connectivity index (χ2v) is 9.27. The first-order chi connectivity index (χ1) is 14.6.